The van der Waals surface area contributed by atoms with E-state index in [4.69, 9.17) is 0 Å². The zero-order chi connectivity index (χ0) is 11.6. The molecule has 16 heavy (non-hydrogen) atoms. The maximum Gasteiger partial charge on any atom is 0.157 e. The van der Waals surface area contributed by atoms with Gasteiger partial charge in [-0.1, -0.05) is 6.08 Å². The largest absolute Gasteiger partial charge is 0.388 e. The molecule has 0 unspecified atom stereocenters. The molecule has 0 bridgehead atoms. The van der Waals surface area contributed by atoms with Crippen LogP contribution in [0, 0.1) is 0 Å². The smallest absolute Gasteiger partial charge is 0.157 e. The van der Waals surface area contributed by atoms with E-state index in [0.717, 1.165) is 50.6 Å². The number of hydrogen-bond acceptors (Lipinski definition) is 3. The molecule has 1 N–H and O–H groups in total. The molecule has 0 atom stereocenters. The van der Waals surface area contributed by atoms with Crippen LogP contribution in [0.15, 0.2) is 23.9 Å². The van der Waals surface area contributed by atoms with Gasteiger partial charge in [-0.05, 0) is 38.2 Å². The lowest BCUT2D eigenvalue weighted by Gasteiger charge is -2.13. The Balaban J connectivity index is 2.04. The van der Waals surface area contributed by atoms with Gasteiger partial charge in [0.05, 0.1) is 0 Å². The van der Waals surface area contributed by atoms with Crippen LogP contribution in [0.3, 0.4) is 0 Å². The number of aldehydes is 1. The highest BCUT2D eigenvalue weighted by molar-refractivity contribution is 5.91. The van der Waals surface area contributed by atoms with Crippen LogP contribution in [0.5, 0.6) is 0 Å². The van der Waals surface area contributed by atoms with Gasteiger partial charge in [0, 0.05) is 24.7 Å². The predicted octanol–water partition coefficient (Wildman–Crippen LogP) is 2.14. The third kappa shape index (κ3) is 5.49. The van der Waals surface area contributed by atoms with Crippen molar-refractivity contribution < 1.29 is 9.59 Å². The van der Waals surface area contributed by atoms with Gasteiger partial charge in [-0.15, -0.1) is 0 Å². The van der Waals surface area contributed by atoms with Crippen LogP contribution in [-0.4, -0.2) is 18.6 Å². The molecular formula is C13H19NO2. The zero-order valence-corrected chi connectivity index (χ0v) is 9.58. The highest BCUT2D eigenvalue weighted by atomic mass is 16.1. The SMILES string of the molecule is O=C/C=C/CCCCNC1=CC(=O)CCC1. The first-order valence-electron chi connectivity index (χ1n) is 5.90. The summed E-state index contributed by atoms with van der Waals surface area (Å²) in [6, 6.07) is 0. The minimum Gasteiger partial charge on any atom is -0.388 e. The molecule has 88 valence electrons. The van der Waals surface area contributed by atoms with Crippen LogP contribution in [0.25, 0.3) is 0 Å². The van der Waals surface area contributed by atoms with Gasteiger partial charge in [0.1, 0.15) is 6.29 Å². The van der Waals surface area contributed by atoms with Crippen molar-refractivity contribution in [2.45, 2.75) is 38.5 Å². The number of allylic oxidation sites excluding steroid dienone is 4. The molecule has 3 heteroatoms. The van der Waals surface area contributed by atoms with Crippen molar-refractivity contribution in [1.29, 1.82) is 0 Å². The van der Waals surface area contributed by atoms with E-state index < -0.39 is 0 Å². The highest BCUT2D eigenvalue weighted by Gasteiger charge is 2.08. The van der Waals surface area contributed by atoms with Crippen LogP contribution in [-0.2, 0) is 9.59 Å². The van der Waals surface area contributed by atoms with Gasteiger partial charge in [-0.2, -0.15) is 0 Å². The van der Waals surface area contributed by atoms with Crippen molar-refractivity contribution in [1.82, 2.24) is 5.32 Å². The van der Waals surface area contributed by atoms with Crippen molar-refractivity contribution in [3.05, 3.63) is 23.9 Å². The Morgan fingerprint density at radius 1 is 1.31 bits per heavy atom. The lowest BCUT2D eigenvalue weighted by atomic mass is 10.0. The van der Waals surface area contributed by atoms with Crippen LogP contribution >= 0.6 is 0 Å². The molecule has 3 nitrogen and oxygen atoms in total. The van der Waals surface area contributed by atoms with Gasteiger partial charge >= 0.3 is 0 Å². The van der Waals surface area contributed by atoms with Crippen molar-refractivity contribution in [2.75, 3.05) is 6.54 Å². The van der Waals surface area contributed by atoms with Gasteiger partial charge in [-0.3, -0.25) is 9.59 Å². The number of unbranched alkanes of at least 4 members (excludes halogenated alkanes) is 2. The molecule has 0 spiro atoms. The van der Waals surface area contributed by atoms with Gasteiger partial charge in [0.25, 0.3) is 0 Å². The standard InChI is InChI=1S/C13H19NO2/c15-10-5-3-1-2-4-9-14-12-7-6-8-13(16)11-12/h3,5,10-11,14H,1-2,4,6-9H2/b5-3+. The average Bonchev–Trinajstić information content (AvgIpc) is 2.28. The van der Waals surface area contributed by atoms with Crippen molar-refractivity contribution >= 4 is 12.1 Å². The van der Waals surface area contributed by atoms with E-state index in [2.05, 4.69) is 5.32 Å². The Labute approximate surface area is 96.6 Å². The number of carbonyl (C=O) groups is 2. The molecule has 0 heterocycles. The summed E-state index contributed by atoms with van der Waals surface area (Å²) in [5.74, 6) is 0.239. The van der Waals surface area contributed by atoms with Gasteiger partial charge in [0.15, 0.2) is 5.78 Å². The first-order valence-corrected chi connectivity index (χ1v) is 5.90. The van der Waals surface area contributed by atoms with Crippen molar-refractivity contribution in [3.8, 4) is 0 Å². The molecule has 0 aromatic carbocycles. The van der Waals surface area contributed by atoms with Crippen LogP contribution < -0.4 is 5.32 Å². The normalized spacial score (nSPS) is 16.2. The molecule has 0 amide bonds. The highest BCUT2D eigenvalue weighted by Crippen LogP contribution is 2.12. The summed E-state index contributed by atoms with van der Waals surface area (Å²) in [6.45, 7) is 0.911. The maximum atomic E-state index is 11.1. The molecule has 0 saturated heterocycles. The molecule has 0 fully saturated rings. The minimum atomic E-state index is 0.239. The predicted molar refractivity (Wildman–Crippen MR) is 64.0 cm³/mol. The van der Waals surface area contributed by atoms with E-state index in [9.17, 15) is 9.59 Å². The van der Waals surface area contributed by atoms with E-state index in [0.29, 0.717) is 6.42 Å². The molecule has 0 saturated carbocycles. The molecular weight excluding hydrogens is 202 g/mol. The summed E-state index contributed by atoms with van der Waals surface area (Å²) >= 11 is 0. The summed E-state index contributed by atoms with van der Waals surface area (Å²) in [5, 5.41) is 3.29. The monoisotopic (exact) mass is 221 g/mol. The molecule has 0 aliphatic heterocycles. The number of hydrogen-bond donors (Lipinski definition) is 1. The van der Waals surface area contributed by atoms with E-state index in [-0.39, 0.29) is 5.78 Å². The second-order valence-corrected chi connectivity index (χ2v) is 3.98. The molecule has 0 aromatic rings. The fourth-order valence-electron chi connectivity index (χ4n) is 1.72. The van der Waals surface area contributed by atoms with Gasteiger partial charge in [0.2, 0.25) is 0 Å². The quantitative estimate of drug-likeness (QED) is 0.407. The first-order chi connectivity index (χ1) is 7.83. The van der Waals surface area contributed by atoms with E-state index >= 15 is 0 Å². The molecule has 1 aliphatic rings. The molecule has 0 radical (unpaired) electrons. The summed E-state index contributed by atoms with van der Waals surface area (Å²) in [4.78, 5) is 21.1. The number of nitrogens with one attached hydrogen (secondary N) is 1. The number of carbonyl (C=O) groups excluding carboxylic acids is 2. The zero-order valence-electron chi connectivity index (χ0n) is 9.58. The Bertz CT molecular complexity index is 292. The molecule has 1 rings (SSSR count). The minimum absolute atomic E-state index is 0.239. The van der Waals surface area contributed by atoms with Crippen LogP contribution in [0.1, 0.15) is 38.5 Å². The first kappa shape index (κ1) is 12.7. The summed E-state index contributed by atoms with van der Waals surface area (Å²) < 4.78 is 0. The van der Waals surface area contributed by atoms with Crippen molar-refractivity contribution in [3.63, 3.8) is 0 Å². The van der Waals surface area contributed by atoms with E-state index in [1.54, 1.807) is 6.08 Å². The third-order valence-electron chi connectivity index (χ3n) is 2.57. The Hall–Kier alpha value is -1.38. The lowest BCUT2D eigenvalue weighted by molar-refractivity contribution is -0.115. The Kier molecular flexibility index (Phi) is 6.23. The lowest BCUT2D eigenvalue weighted by Crippen LogP contribution is -2.18. The fraction of sp³-hybridized carbons (Fsp3) is 0.538. The van der Waals surface area contributed by atoms with Crippen LogP contribution in [0.4, 0.5) is 0 Å². The average molecular weight is 221 g/mol. The summed E-state index contributed by atoms with van der Waals surface area (Å²) in [5.41, 5.74) is 1.08. The molecule has 0 aromatic heterocycles. The Morgan fingerprint density at radius 3 is 2.94 bits per heavy atom. The fourth-order valence-corrected chi connectivity index (χ4v) is 1.72. The van der Waals surface area contributed by atoms with Gasteiger partial charge < -0.3 is 5.32 Å². The number of rotatable bonds is 7. The van der Waals surface area contributed by atoms with Gasteiger partial charge in [-0.25, -0.2) is 0 Å². The maximum absolute atomic E-state index is 11.1. The van der Waals surface area contributed by atoms with Crippen molar-refractivity contribution in [2.24, 2.45) is 0 Å². The van der Waals surface area contributed by atoms with E-state index in [1.807, 2.05) is 6.08 Å². The molecule has 1 aliphatic carbocycles. The third-order valence-corrected chi connectivity index (χ3v) is 2.57. The second-order valence-electron chi connectivity index (χ2n) is 3.98. The van der Waals surface area contributed by atoms with Crippen LogP contribution in [0.2, 0.25) is 0 Å². The van der Waals surface area contributed by atoms with E-state index in [1.165, 1.54) is 6.08 Å². The second kappa shape index (κ2) is 7.85. The topological polar surface area (TPSA) is 46.2 Å². The number of ketones is 1. The summed E-state index contributed by atoms with van der Waals surface area (Å²) in [6.07, 6.45) is 11.7. The summed E-state index contributed by atoms with van der Waals surface area (Å²) in [7, 11) is 0. The Morgan fingerprint density at radius 2 is 2.19 bits per heavy atom.